The minimum atomic E-state index is -2.24. The summed E-state index contributed by atoms with van der Waals surface area (Å²) in [6.45, 7) is -0.650. The fourth-order valence-electron chi connectivity index (χ4n) is 1.60. The third-order valence-corrected chi connectivity index (χ3v) is 2.51. The largest absolute Gasteiger partial charge is 0.392 e. The van der Waals surface area contributed by atoms with E-state index in [1.807, 2.05) is 0 Å². The van der Waals surface area contributed by atoms with Gasteiger partial charge in [0.2, 0.25) is 5.82 Å². The van der Waals surface area contributed by atoms with Gasteiger partial charge in [0.25, 0.3) is 0 Å². The summed E-state index contributed by atoms with van der Waals surface area (Å²) in [5, 5.41) is 9.01. The molecule has 0 spiro atoms. The Hall–Kier alpha value is -2.02. The van der Waals surface area contributed by atoms with Crippen molar-refractivity contribution < 1.29 is 27.1 Å². The number of aromatic nitrogens is 1. The van der Waals surface area contributed by atoms with Gasteiger partial charge < -0.3 is 5.11 Å². The Kier molecular flexibility index (Phi) is 3.48. The number of aliphatic hydroxyl groups excluding tert-OH is 1. The first-order valence-corrected chi connectivity index (χ1v) is 5.05. The molecule has 1 N–H and O–H groups in total. The number of pyridine rings is 1. The number of benzene rings is 1. The Morgan fingerprint density at radius 1 is 0.895 bits per heavy atom. The van der Waals surface area contributed by atoms with Crippen molar-refractivity contribution in [3.8, 4) is 11.3 Å². The molecule has 2 aromatic rings. The van der Waals surface area contributed by atoms with Gasteiger partial charge in [-0.2, -0.15) is 0 Å². The zero-order valence-electron chi connectivity index (χ0n) is 9.22. The molecule has 0 fully saturated rings. The van der Waals surface area contributed by atoms with E-state index in [0.29, 0.717) is 0 Å². The summed E-state index contributed by atoms with van der Waals surface area (Å²) in [6, 6.07) is 2.63. The van der Waals surface area contributed by atoms with Crippen molar-refractivity contribution in [2.45, 2.75) is 6.61 Å². The molecule has 1 heterocycles. The highest BCUT2D eigenvalue weighted by molar-refractivity contribution is 5.64. The first-order chi connectivity index (χ1) is 8.99. The molecule has 0 aliphatic heterocycles. The first kappa shape index (κ1) is 13.4. The van der Waals surface area contributed by atoms with Crippen LogP contribution in [0.5, 0.6) is 0 Å². The summed E-state index contributed by atoms with van der Waals surface area (Å²) >= 11 is 0. The maximum absolute atomic E-state index is 13.6. The lowest BCUT2D eigenvalue weighted by molar-refractivity contribution is 0.282. The van der Waals surface area contributed by atoms with Gasteiger partial charge in [0.05, 0.1) is 17.9 Å². The summed E-state index contributed by atoms with van der Waals surface area (Å²) in [6.07, 6.45) is 1.12. The lowest BCUT2D eigenvalue weighted by Gasteiger charge is -2.10. The molecule has 0 radical (unpaired) electrons. The van der Waals surface area contributed by atoms with Crippen molar-refractivity contribution >= 4 is 0 Å². The van der Waals surface area contributed by atoms with E-state index in [1.165, 1.54) is 12.1 Å². The fourth-order valence-corrected chi connectivity index (χ4v) is 1.60. The number of halogens is 5. The fraction of sp³-hybridized carbons (Fsp3) is 0.0833. The Bertz CT molecular complexity index is 615. The van der Waals surface area contributed by atoms with E-state index in [2.05, 4.69) is 4.98 Å². The van der Waals surface area contributed by atoms with Gasteiger partial charge in [-0.25, -0.2) is 22.0 Å². The molecular weight excluding hydrogens is 269 g/mol. The lowest BCUT2D eigenvalue weighted by Crippen LogP contribution is -2.06. The SMILES string of the molecule is OCc1cccnc1-c1c(F)c(F)c(F)c(F)c1F. The summed E-state index contributed by atoms with van der Waals surface area (Å²) < 4.78 is 66.2. The number of hydrogen-bond donors (Lipinski definition) is 1. The summed E-state index contributed by atoms with van der Waals surface area (Å²) in [5.74, 6) is -10.3. The van der Waals surface area contributed by atoms with Crippen LogP contribution in [0.3, 0.4) is 0 Å². The molecule has 0 saturated carbocycles. The highest BCUT2D eigenvalue weighted by Gasteiger charge is 2.28. The smallest absolute Gasteiger partial charge is 0.200 e. The van der Waals surface area contributed by atoms with E-state index in [9.17, 15) is 22.0 Å². The molecule has 7 heteroatoms. The molecule has 0 atom stereocenters. The summed E-state index contributed by atoms with van der Waals surface area (Å²) in [7, 11) is 0. The van der Waals surface area contributed by atoms with Crippen LogP contribution in [-0.4, -0.2) is 10.1 Å². The predicted molar refractivity (Wildman–Crippen MR) is 55.4 cm³/mol. The molecule has 1 aromatic carbocycles. The quantitative estimate of drug-likeness (QED) is 0.519. The van der Waals surface area contributed by atoms with E-state index >= 15 is 0 Å². The number of rotatable bonds is 2. The van der Waals surface area contributed by atoms with Gasteiger partial charge >= 0.3 is 0 Å². The van der Waals surface area contributed by atoms with Crippen LogP contribution in [0.4, 0.5) is 22.0 Å². The van der Waals surface area contributed by atoms with Crippen LogP contribution in [0, 0.1) is 29.1 Å². The van der Waals surface area contributed by atoms with Crippen molar-refractivity contribution in [1.82, 2.24) is 4.98 Å². The molecule has 2 nitrogen and oxygen atoms in total. The highest BCUT2D eigenvalue weighted by atomic mass is 19.2. The predicted octanol–water partition coefficient (Wildman–Crippen LogP) is 2.94. The van der Waals surface area contributed by atoms with Gasteiger partial charge in [-0.3, -0.25) is 4.98 Å². The van der Waals surface area contributed by atoms with Crippen LogP contribution in [0.2, 0.25) is 0 Å². The zero-order valence-corrected chi connectivity index (χ0v) is 9.22. The van der Waals surface area contributed by atoms with Crippen molar-refractivity contribution in [2.24, 2.45) is 0 Å². The van der Waals surface area contributed by atoms with Crippen molar-refractivity contribution in [1.29, 1.82) is 0 Å². The van der Waals surface area contributed by atoms with Gasteiger partial charge in [-0.15, -0.1) is 0 Å². The molecule has 0 unspecified atom stereocenters. The number of aliphatic hydroxyl groups is 1. The Balaban J connectivity index is 2.83. The molecule has 19 heavy (non-hydrogen) atoms. The molecule has 0 amide bonds. The lowest BCUT2D eigenvalue weighted by atomic mass is 10.0. The normalized spacial score (nSPS) is 10.8. The topological polar surface area (TPSA) is 33.1 Å². The van der Waals surface area contributed by atoms with Crippen molar-refractivity contribution in [2.75, 3.05) is 0 Å². The van der Waals surface area contributed by atoms with E-state index in [0.717, 1.165) is 6.20 Å². The van der Waals surface area contributed by atoms with Crippen LogP contribution in [-0.2, 0) is 6.61 Å². The number of hydrogen-bond acceptors (Lipinski definition) is 2. The van der Waals surface area contributed by atoms with Gasteiger partial charge in [-0.05, 0) is 6.07 Å². The molecule has 2 rings (SSSR count). The second kappa shape index (κ2) is 4.93. The molecular formula is C12H6F5NO. The average molecular weight is 275 g/mol. The van der Waals surface area contributed by atoms with Crippen LogP contribution >= 0.6 is 0 Å². The zero-order chi connectivity index (χ0) is 14.2. The standard InChI is InChI=1S/C12H6F5NO/c13-7-6(8(14)10(16)11(17)9(7)15)12-5(4-19)2-1-3-18-12/h1-3,19H,4H2. The maximum Gasteiger partial charge on any atom is 0.200 e. The summed E-state index contributed by atoms with van der Waals surface area (Å²) in [5.41, 5.74) is -1.69. The van der Waals surface area contributed by atoms with Crippen LogP contribution in [0.15, 0.2) is 18.3 Å². The monoisotopic (exact) mass is 275 g/mol. The average Bonchev–Trinajstić information content (AvgIpc) is 2.44. The third kappa shape index (κ3) is 2.06. The van der Waals surface area contributed by atoms with Gasteiger partial charge in [0.15, 0.2) is 23.3 Å². The van der Waals surface area contributed by atoms with E-state index in [-0.39, 0.29) is 5.56 Å². The maximum atomic E-state index is 13.6. The van der Waals surface area contributed by atoms with Gasteiger partial charge in [0, 0.05) is 11.8 Å². The number of nitrogens with zero attached hydrogens (tertiary/aromatic N) is 1. The minimum absolute atomic E-state index is 0.0503. The highest BCUT2D eigenvalue weighted by Crippen LogP contribution is 2.32. The van der Waals surface area contributed by atoms with Crippen LogP contribution in [0.1, 0.15) is 5.56 Å². The molecule has 0 aliphatic rings. The molecule has 100 valence electrons. The summed E-state index contributed by atoms with van der Waals surface area (Å²) in [4.78, 5) is 3.56. The molecule has 0 aliphatic carbocycles. The molecule has 0 bridgehead atoms. The minimum Gasteiger partial charge on any atom is -0.392 e. The Morgan fingerprint density at radius 3 is 1.95 bits per heavy atom. The van der Waals surface area contributed by atoms with Crippen molar-refractivity contribution in [3.63, 3.8) is 0 Å². The second-order valence-corrected chi connectivity index (χ2v) is 3.61. The molecule has 1 aromatic heterocycles. The van der Waals surface area contributed by atoms with Crippen LogP contribution < -0.4 is 0 Å². The van der Waals surface area contributed by atoms with E-state index < -0.39 is 47.0 Å². The van der Waals surface area contributed by atoms with Crippen LogP contribution in [0.25, 0.3) is 11.3 Å². The van der Waals surface area contributed by atoms with Crippen molar-refractivity contribution in [3.05, 3.63) is 53.0 Å². The first-order valence-electron chi connectivity index (χ1n) is 5.05. The third-order valence-electron chi connectivity index (χ3n) is 2.51. The van der Waals surface area contributed by atoms with E-state index in [1.54, 1.807) is 0 Å². The van der Waals surface area contributed by atoms with E-state index in [4.69, 9.17) is 5.11 Å². The van der Waals surface area contributed by atoms with Gasteiger partial charge in [0.1, 0.15) is 0 Å². The molecule has 0 saturated heterocycles. The Morgan fingerprint density at radius 2 is 1.42 bits per heavy atom. The van der Waals surface area contributed by atoms with Gasteiger partial charge in [-0.1, -0.05) is 6.07 Å². The second-order valence-electron chi connectivity index (χ2n) is 3.61. The Labute approximate surface area is 104 Å².